The van der Waals surface area contributed by atoms with Crippen LogP contribution in [0.15, 0.2) is 66.9 Å². The van der Waals surface area contributed by atoms with Crippen molar-refractivity contribution in [2.75, 3.05) is 20.2 Å². The second kappa shape index (κ2) is 9.06. The molecule has 3 heterocycles. The zero-order valence-electron chi connectivity index (χ0n) is 19.2. The van der Waals surface area contributed by atoms with Crippen molar-refractivity contribution in [3.8, 4) is 5.75 Å². The molecule has 1 aliphatic heterocycles. The maximum Gasteiger partial charge on any atom is 0.142 e. The maximum absolute atomic E-state index is 11.6. The first-order valence-electron chi connectivity index (χ1n) is 11.5. The van der Waals surface area contributed by atoms with E-state index in [-0.39, 0.29) is 0 Å². The van der Waals surface area contributed by atoms with Gasteiger partial charge in [-0.1, -0.05) is 24.3 Å². The molecule has 6 nitrogen and oxygen atoms in total. The Morgan fingerprint density at radius 3 is 2.70 bits per heavy atom. The molecule has 0 spiro atoms. The summed E-state index contributed by atoms with van der Waals surface area (Å²) < 4.78 is 5.40. The van der Waals surface area contributed by atoms with Crippen molar-refractivity contribution in [2.24, 2.45) is 0 Å². The highest BCUT2D eigenvalue weighted by Gasteiger charge is 2.35. The second-order valence-electron chi connectivity index (χ2n) is 8.90. The van der Waals surface area contributed by atoms with Crippen molar-refractivity contribution in [3.05, 3.63) is 78.1 Å². The molecule has 1 unspecified atom stereocenters. The Labute approximate surface area is 194 Å². The van der Waals surface area contributed by atoms with Crippen LogP contribution in [0.4, 0.5) is 0 Å². The van der Waals surface area contributed by atoms with Crippen molar-refractivity contribution in [3.63, 3.8) is 0 Å². The molecule has 0 amide bonds. The standard InChI is InChI=1S/C27H30N4O2/c1-27(32,24-11-14-28-26-10-9-22(33-2)17-23(24)26)31-15-12-20(13-16-31)29-18-21-8-7-19-5-3-4-6-25(19)30-21/h3-11,14,17,20,29,32H,12-13,15-16,18H2,1-2H3. The van der Waals surface area contributed by atoms with E-state index >= 15 is 0 Å². The number of fused-ring (bicyclic) bond motifs is 2. The minimum absolute atomic E-state index is 0.402. The topological polar surface area (TPSA) is 70.5 Å². The number of hydrogen-bond acceptors (Lipinski definition) is 6. The molecule has 2 aromatic carbocycles. The molecule has 33 heavy (non-hydrogen) atoms. The highest BCUT2D eigenvalue weighted by molar-refractivity contribution is 5.84. The van der Waals surface area contributed by atoms with E-state index in [0.29, 0.717) is 6.04 Å². The van der Waals surface area contributed by atoms with Gasteiger partial charge in [0.25, 0.3) is 0 Å². The van der Waals surface area contributed by atoms with Gasteiger partial charge in [-0.25, -0.2) is 0 Å². The number of piperidine rings is 1. The van der Waals surface area contributed by atoms with Gasteiger partial charge in [0, 0.05) is 48.2 Å². The SMILES string of the molecule is COc1ccc2nccc(C(C)(O)N3CCC(NCc4ccc5ccccc5n4)CC3)c2c1. The summed E-state index contributed by atoms with van der Waals surface area (Å²) in [5.74, 6) is 0.762. The number of nitrogens with one attached hydrogen (secondary N) is 1. The molecular weight excluding hydrogens is 412 g/mol. The van der Waals surface area contributed by atoms with Crippen LogP contribution in [0, 0.1) is 0 Å². The zero-order chi connectivity index (χ0) is 22.8. The summed E-state index contributed by atoms with van der Waals surface area (Å²) >= 11 is 0. The van der Waals surface area contributed by atoms with Gasteiger partial charge < -0.3 is 15.2 Å². The highest BCUT2D eigenvalue weighted by Crippen LogP contribution is 2.34. The average Bonchev–Trinajstić information content (AvgIpc) is 2.86. The molecule has 6 heteroatoms. The van der Waals surface area contributed by atoms with Crippen LogP contribution in [-0.2, 0) is 12.3 Å². The quantitative estimate of drug-likeness (QED) is 0.466. The third kappa shape index (κ3) is 4.42. The predicted molar refractivity (Wildman–Crippen MR) is 131 cm³/mol. The van der Waals surface area contributed by atoms with Crippen molar-refractivity contribution in [1.82, 2.24) is 20.2 Å². The minimum Gasteiger partial charge on any atom is -0.497 e. The number of aliphatic hydroxyl groups is 1. The van der Waals surface area contributed by atoms with Gasteiger partial charge in [0.2, 0.25) is 0 Å². The zero-order valence-corrected chi connectivity index (χ0v) is 19.2. The molecule has 1 fully saturated rings. The monoisotopic (exact) mass is 442 g/mol. The fourth-order valence-corrected chi connectivity index (χ4v) is 4.81. The minimum atomic E-state index is -1.08. The Hall–Kier alpha value is -3.06. The summed E-state index contributed by atoms with van der Waals surface area (Å²) in [5, 5.41) is 17.3. The Morgan fingerprint density at radius 2 is 1.88 bits per heavy atom. The highest BCUT2D eigenvalue weighted by atomic mass is 16.5. The third-order valence-corrected chi connectivity index (χ3v) is 6.80. The molecule has 1 atom stereocenters. The first-order valence-corrected chi connectivity index (χ1v) is 11.5. The molecule has 170 valence electrons. The number of likely N-dealkylation sites (tertiary alicyclic amines) is 1. The Bertz CT molecular complexity index is 1270. The number of ether oxygens (including phenoxy) is 1. The van der Waals surface area contributed by atoms with E-state index in [1.165, 1.54) is 0 Å². The van der Waals surface area contributed by atoms with Crippen LogP contribution in [0.25, 0.3) is 21.8 Å². The summed E-state index contributed by atoms with van der Waals surface area (Å²) in [6.45, 7) is 4.25. The van der Waals surface area contributed by atoms with E-state index in [4.69, 9.17) is 9.72 Å². The van der Waals surface area contributed by atoms with Gasteiger partial charge in [-0.15, -0.1) is 0 Å². The Morgan fingerprint density at radius 1 is 1.06 bits per heavy atom. The van der Waals surface area contributed by atoms with Crippen LogP contribution in [-0.4, -0.2) is 46.2 Å². The number of methoxy groups -OCH3 is 1. The summed E-state index contributed by atoms with van der Waals surface area (Å²) in [6.07, 6.45) is 3.70. The molecule has 2 aromatic heterocycles. The molecule has 1 saturated heterocycles. The van der Waals surface area contributed by atoms with Gasteiger partial charge in [-0.3, -0.25) is 14.9 Å². The van der Waals surface area contributed by atoms with Crippen LogP contribution in [0.1, 0.15) is 31.0 Å². The van der Waals surface area contributed by atoms with E-state index in [1.54, 1.807) is 13.3 Å². The maximum atomic E-state index is 11.6. The first kappa shape index (κ1) is 21.8. The van der Waals surface area contributed by atoms with Gasteiger partial charge in [0.1, 0.15) is 11.5 Å². The van der Waals surface area contributed by atoms with Crippen LogP contribution in [0.3, 0.4) is 0 Å². The summed E-state index contributed by atoms with van der Waals surface area (Å²) in [6, 6.07) is 20.5. The largest absolute Gasteiger partial charge is 0.497 e. The van der Waals surface area contributed by atoms with Crippen molar-refractivity contribution in [1.29, 1.82) is 0 Å². The first-order chi connectivity index (χ1) is 16.0. The lowest BCUT2D eigenvalue weighted by Crippen LogP contribution is -2.51. The number of rotatable bonds is 6. The molecule has 0 bridgehead atoms. The van der Waals surface area contributed by atoms with Gasteiger partial charge in [-0.05, 0) is 56.2 Å². The van der Waals surface area contributed by atoms with Gasteiger partial charge in [-0.2, -0.15) is 0 Å². The van der Waals surface area contributed by atoms with Gasteiger partial charge in [0.15, 0.2) is 0 Å². The number of aromatic nitrogens is 2. The van der Waals surface area contributed by atoms with Crippen LogP contribution < -0.4 is 10.1 Å². The van der Waals surface area contributed by atoms with E-state index in [9.17, 15) is 5.11 Å². The van der Waals surface area contributed by atoms with Crippen LogP contribution in [0.5, 0.6) is 5.75 Å². The van der Waals surface area contributed by atoms with Crippen molar-refractivity contribution >= 4 is 21.8 Å². The smallest absolute Gasteiger partial charge is 0.142 e. The van der Waals surface area contributed by atoms with E-state index in [0.717, 1.165) is 71.3 Å². The number of benzene rings is 2. The van der Waals surface area contributed by atoms with E-state index in [1.807, 2.05) is 43.3 Å². The normalized spacial score (nSPS) is 17.3. The molecule has 1 aliphatic rings. The lowest BCUT2D eigenvalue weighted by Gasteiger charge is -2.42. The van der Waals surface area contributed by atoms with Crippen molar-refractivity contribution in [2.45, 2.75) is 38.1 Å². The lowest BCUT2D eigenvalue weighted by atomic mass is 9.95. The number of nitrogens with zero attached hydrogens (tertiary/aromatic N) is 3. The Kier molecular flexibility index (Phi) is 5.98. The van der Waals surface area contributed by atoms with Crippen molar-refractivity contribution < 1.29 is 9.84 Å². The summed E-state index contributed by atoms with van der Waals surface area (Å²) in [7, 11) is 1.65. The number of pyridine rings is 2. The molecule has 2 N–H and O–H groups in total. The predicted octanol–water partition coefficient (Wildman–Crippen LogP) is 4.21. The fraction of sp³-hybridized carbons (Fsp3) is 0.333. The van der Waals surface area contributed by atoms with E-state index in [2.05, 4.69) is 39.5 Å². The second-order valence-corrected chi connectivity index (χ2v) is 8.90. The molecule has 4 aromatic rings. The lowest BCUT2D eigenvalue weighted by molar-refractivity contribution is -0.110. The number of para-hydroxylation sites is 1. The summed E-state index contributed by atoms with van der Waals surface area (Å²) in [5.41, 5.74) is 2.72. The molecular formula is C27H30N4O2. The molecule has 0 saturated carbocycles. The molecule has 0 aliphatic carbocycles. The van der Waals surface area contributed by atoms with Crippen LogP contribution >= 0.6 is 0 Å². The Balaban J connectivity index is 1.25. The van der Waals surface area contributed by atoms with E-state index < -0.39 is 5.72 Å². The molecule has 5 rings (SSSR count). The van der Waals surface area contributed by atoms with Gasteiger partial charge >= 0.3 is 0 Å². The fourth-order valence-electron chi connectivity index (χ4n) is 4.81. The number of hydrogen-bond donors (Lipinski definition) is 2. The average molecular weight is 443 g/mol. The van der Waals surface area contributed by atoms with Crippen LogP contribution in [0.2, 0.25) is 0 Å². The molecule has 0 radical (unpaired) electrons. The van der Waals surface area contributed by atoms with Gasteiger partial charge in [0.05, 0.1) is 23.8 Å². The summed E-state index contributed by atoms with van der Waals surface area (Å²) in [4.78, 5) is 11.4. The third-order valence-electron chi connectivity index (χ3n) is 6.80.